The molecule has 0 aliphatic heterocycles. The number of phenolic OH excluding ortho intramolecular Hbond substituents is 1. The summed E-state index contributed by atoms with van der Waals surface area (Å²) in [6.07, 6.45) is 0. The lowest BCUT2D eigenvalue weighted by molar-refractivity contribution is 0.478. The van der Waals surface area contributed by atoms with E-state index in [-0.39, 0.29) is 11.4 Å². The van der Waals surface area contributed by atoms with Crippen LogP contribution in [0.1, 0.15) is 0 Å². The molecule has 0 radical (unpaired) electrons. The van der Waals surface area contributed by atoms with Gasteiger partial charge in [-0.05, 0) is 24.3 Å². The van der Waals surface area contributed by atoms with Crippen molar-refractivity contribution in [3.8, 4) is 5.75 Å². The van der Waals surface area contributed by atoms with Crippen LogP contribution in [0, 0.1) is 0 Å². The normalized spacial score (nSPS) is 10.8. The SMILES string of the molecule is Nc1ccccc1N=Nc1cccc(O)c1N. The zero-order valence-electron chi connectivity index (χ0n) is 9.04. The number of para-hydroxylation sites is 2. The lowest BCUT2D eigenvalue weighted by Crippen LogP contribution is -1.86. The Labute approximate surface area is 98.4 Å². The first-order valence-electron chi connectivity index (χ1n) is 5.02. The van der Waals surface area contributed by atoms with Crippen molar-refractivity contribution in [2.75, 3.05) is 11.5 Å². The lowest BCUT2D eigenvalue weighted by atomic mass is 10.2. The summed E-state index contributed by atoms with van der Waals surface area (Å²) in [6.45, 7) is 0. The van der Waals surface area contributed by atoms with Gasteiger partial charge in [-0.15, -0.1) is 10.2 Å². The number of nitrogens with zero attached hydrogens (tertiary/aromatic N) is 2. The molecular formula is C12H12N4O. The van der Waals surface area contributed by atoms with Crippen molar-refractivity contribution in [1.82, 2.24) is 0 Å². The van der Waals surface area contributed by atoms with E-state index in [0.29, 0.717) is 17.1 Å². The molecule has 0 aromatic heterocycles. The predicted molar refractivity (Wildman–Crippen MR) is 67.5 cm³/mol. The zero-order chi connectivity index (χ0) is 12.3. The maximum absolute atomic E-state index is 9.40. The van der Waals surface area contributed by atoms with E-state index < -0.39 is 0 Å². The largest absolute Gasteiger partial charge is 0.506 e. The zero-order valence-corrected chi connectivity index (χ0v) is 9.04. The summed E-state index contributed by atoms with van der Waals surface area (Å²) < 4.78 is 0. The number of aromatic hydroxyl groups is 1. The standard InChI is InChI=1S/C12H12N4O/c13-8-4-1-2-5-9(8)15-16-10-6-3-7-11(17)12(10)14/h1-7,17H,13-14H2. The van der Waals surface area contributed by atoms with Gasteiger partial charge in [0, 0.05) is 0 Å². The van der Waals surface area contributed by atoms with Crippen LogP contribution in [0.15, 0.2) is 52.7 Å². The molecule has 5 N–H and O–H groups in total. The molecule has 0 fully saturated rings. The summed E-state index contributed by atoms with van der Waals surface area (Å²) in [5, 5.41) is 17.3. The third-order valence-corrected chi connectivity index (χ3v) is 2.26. The smallest absolute Gasteiger partial charge is 0.140 e. The van der Waals surface area contributed by atoms with E-state index in [1.54, 1.807) is 24.3 Å². The van der Waals surface area contributed by atoms with Gasteiger partial charge in [0.1, 0.15) is 22.8 Å². The van der Waals surface area contributed by atoms with Gasteiger partial charge in [0.2, 0.25) is 0 Å². The Kier molecular flexibility index (Phi) is 2.91. The Morgan fingerprint density at radius 1 is 0.824 bits per heavy atom. The van der Waals surface area contributed by atoms with Crippen molar-refractivity contribution in [2.24, 2.45) is 10.2 Å². The quantitative estimate of drug-likeness (QED) is 0.418. The first kappa shape index (κ1) is 10.9. The summed E-state index contributed by atoms with van der Waals surface area (Å²) >= 11 is 0. The molecule has 0 atom stereocenters. The molecule has 0 saturated heterocycles. The Morgan fingerprint density at radius 2 is 1.47 bits per heavy atom. The Hall–Kier alpha value is -2.56. The summed E-state index contributed by atoms with van der Waals surface area (Å²) in [5.41, 5.74) is 13.1. The van der Waals surface area contributed by atoms with E-state index in [1.165, 1.54) is 6.07 Å². The highest BCUT2D eigenvalue weighted by Crippen LogP contribution is 2.32. The fourth-order valence-electron chi connectivity index (χ4n) is 1.31. The molecule has 0 amide bonds. The Balaban J connectivity index is 2.33. The summed E-state index contributed by atoms with van der Waals surface area (Å²) in [6, 6.07) is 11.9. The Bertz CT molecular complexity index is 566. The molecule has 5 heteroatoms. The molecule has 0 aliphatic carbocycles. The monoisotopic (exact) mass is 228 g/mol. The minimum absolute atomic E-state index is 0.0116. The third kappa shape index (κ3) is 2.34. The topological polar surface area (TPSA) is 97.0 Å². The second-order valence-corrected chi connectivity index (χ2v) is 3.47. The molecule has 0 heterocycles. The van der Waals surface area contributed by atoms with Crippen LogP contribution in [0.3, 0.4) is 0 Å². The highest BCUT2D eigenvalue weighted by atomic mass is 16.3. The summed E-state index contributed by atoms with van der Waals surface area (Å²) in [4.78, 5) is 0. The first-order valence-corrected chi connectivity index (χ1v) is 5.02. The molecule has 2 rings (SSSR count). The molecule has 17 heavy (non-hydrogen) atoms. The van der Waals surface area contributed by atoms with Crippen molar-refractivity contribution in [3.05, 3.63) is 42.5 Å². The lowest BCUT2D eigenvalue weighted by Gasteiger charge is -2.01. The van der Waals surface area contributed by atoms with Gasteiger partial charge in [0.25, 0.3) is 0 Å². The highest BCUT2D eigenvalue weighted by molar-refractivity contribution is 5.69. The average Bonchev–Trinajstić information content (AvgIpc) is 2.33. The Morgan fingerprint density at radius 3 is 2.24 bits per heavy atom. The predicted octanol–water partition coefficient (Wildman–Crippen LogP) is 2.97. The molecule has 0 spiro atoms. The maximum atomic E-state index is 9.40. The number of anilines is 2. The van der Waals surface area contributed by atoms with Gasteiger partial charge >= 0.3 is 0 Å². The minimum atomic E-state index is -0.0116. The summed E-state index contributed by atoms with van der Waals surface area (Å²) in [7, 11) is 0. The molecule has 0 unspecified atom stereocenters. The molecule has 0 bridgehead atoms. The number of nitrogen functional groups attached to an aromatic ring is 2. The van der Waals surface area contributed by atoms with Gasteiger partial charge < -0.3 is 16.6 Å². The summed E-state index contributed by atoms with van der Waals surface area (Å²) in [5.74, 6) is -0.0116. The number of benzene rings is 2. The van der Waals surface area contributed by atoms with E-state index in [4.69, 9.17) is 11.5 Å². The van der Waals surface area contributed by atoms with E-state index in [1.807, 2.05) is 12.1 Å². The number of rotatable bonds is 2. The van der Waals surface area contributed by atoms with Gasteiger partial charge in [-0.2, -0.15) is 0 Å². The molecule has 5 nitrogen and oxygen atoms in total. The van der Waals surface area contributed by atoms with Crippen LogP contribution in [-0.2, 0) is 0 Å². The van der Waals surface area contributed by atoms with E-state index >= 15 is 0 Å². The van der Waals surface area contributed by atoms with Crippen LogP contribution in [-0.4, -0.2) is 5.11 Å². The molecule has 86 valence electrons. The molecule has 2 aromatic rings. The van der Waals surface area contributed by atoms with Gasteiger partial charge in [-0.1, -0.05) is 18.2 Å². The molecule has 0 saturated carbocycles. The van der Waals surface area contributed by atoms with Crippen LogP contribution in [0.5, 0.6) is 5.75 Å². The second kappa shape index (κ2) is 4.52. The van der Waals surface area contributed by atoms with E-state index in [0.717, 1.165) is 0 Å². The number of nitrogens with two attached hydrogens (primary N) is 2. The fourth-order valence-corrected chi connectivity index (χ4v) is 1.31. The van der Waals surface area contributed by atoms with Crippen LogP contribution in [0.2, 0.25) is 0 Å². The molecule has 0 aliphatic rings. The van der Waals surface area contributed by atoms with Crippen molar-refractivity contribution in [3.63, 3.8) is 0 Å². The third-order valence-electron chi connectivity index (χ3n) is 2.26. The van der Waals surface area contributed by atoms with Crippen LogP contribution >= 0.6 is 0 Å². The van der Waals surface area contributed by atoms with Gasteiger partial charge in [-0.25, -0.2) is 0 Å². The number of hydrogen-bond donors (Lipinski definition) is 3. The van der Waals surface area contributed by atoms with Crippen LogP contribution in [0.25, 0.3) is 0 Å². The fraction of sp³-hybridized carbons (Fsp3) is 0. The highest BCUT2D eigenvalue weighted by Gasteiger charge is 2.02. The van der Waals surface area contributed by atoms with Crippen LogP contribution < -0.4 is 11.5 Å². The van der Waals surface area contributed by atoms with Gasteiger partial charge in [0.15, 0.2) is 0 Å². The van der Waals surface area contributed by atoms with Crippen molar-refractivity contribution < 1.29 is 5.11 Å². The van der Waals surface area contributed by atoms with Gasteiger partial charge in [0.05, 0.1) is 5.69 Å². The van der Waals surface area contributed by atoms with Gasteiger partial charge in [-0.3, -0.25) is 0 Å². The number of phenols is 1. The van der Waals surface area contributed by atoms with E-state index in [9.17, 15) is 5.11 Å². The number of hydrogen-bond acceptors (Lipinski definition) is 5. The van der Waals surface area contributed by atoms with E-state index in [2.05, 4.69) is 10.2 Å². The molecule has 2 aromatic carbocycles. The molecular weight excluding hydrogens is 216 g/mol. The maximum Gasteiger partial charge on any atom is 0.140 e. The second-order valence-electron chi connectivity index (χ2n) is 3.47. The van der Waals surface area contributed by atoms with Crippen molar-refractivity contribution in [1.29, 1.82) is 0 Å². The average molecular weight is 228 g/mol. The minimum Gasteiger partial charge on any atom is -0.506 e. The van der Waals surface area contributed by atoms with Crippen molar-refractivity contribution >= 4 is 22.7 Å². The van der Waals surface area contributed by atoms with Crippen molar-refractivity contribution in [2.45, 2.75) is 0 Å². The van der Waals surface area contributed by atoms with Crippen LogP contribution in [0.4, 0.5) is 22.7 Å². The first-order chi connectivity index (χ1) is 8.18. The number of azo groups is 1.